The Labute approximate surface area is 72.2 Å². The van der Waals surface area contributed by atoms with Crippen molar-refractivity contribution < 1.29 is 9.59 Å². The van der Waals surface area contributed by atoms with Crippen LogP contribution in [0, 0.1) is 0 Å². The van der Waals surface area contributed by atoms with Crippen LogP contribution in [0.15, 0.2) is 12.2 Å². The molecule has 2 amide bonds. The smallest absolute Gasteiger partial charge is 0.246 e. The van der Waals surface area contributed by atoms with E-state index in [0.29, 0.717) is 0 Å². The van der Waals surface area contributed by atoms with Crippen molar-refractivity contribution in [3.8, 4) is 0 Å². The zero-order chi connectivity index (χ0) is 9.56. The molecule has 4 nitrogen and oxygen atoms in total. The van der Waals surface area contributed by atoms with Gasteiger partial charge in [-0.05, 0) is 13.0 Å². The van der Waals surface area contributed by atoms with E-state index in [4.69, 9.17) is 0 Å². The molecule has 0 aliphatic carbocycles. The lowest BCUT2D eigenvalue weighted by Crippen LogP contribution is -2.35. The fourth-order valence-electron chi connectivity index (χ4n) is 0.642. The number of rotatable bonds is 3. The standard InChI is InChI=1S/C8H14N2O2/c1-4-5-8(12)10(3)6-7(11)9-2/h4-5H,6H2,1-3H3,(H,9,11)/b5-4-. The average molecular weight is 170 g/mol. The van der Waals surface area contributed by atoms with E-state index < -0.39 is 0 Å². The van der Waals surface area contributed by atoms with Crippen molar-refractivity contribution in [2.75, 3.05) is 20.6 Å². The van der Waals surface area contributed by atoms with Gasteiger partial charge in [0.2, 0.25) is 11.8 Å². The number of likely N-dealkylation sites (N-methyl/N-ethyl adjacent to an activating group) is 2. The zero-order valence-corrected chi connectivity index (χ0v) is 7.63. The van der Waals surface area contributed by atoms with Crippen LogP contribution in [-0.2, 0) is 9.59 Å². The normalized spacial score (nSPS) is 9.92. The number of allylic oxidation sites excluding steroid dienone is 1. The Morgan fingerprint density at radius 1 is 1.50 bits per heavy atom. The topological polar surface area (TPSA) is 49.4 Å². The Morgan fingerprint density at radius 3 is 2.50 bits per heavy atom. The third-order valence-corrected chi connectivity index (χ3v) is 1.35. The summed E-state index contributed by atoms with van der Waals surface area (Å²) in [5, 5.41) is 2.44. The maximum absolute atomic E-state index is 11.1. The molecule has 0 aromatic heterocycles. The fourth-order valence-corrected chi connectivity index (χ4v) is 0.642. The Kier molecular flexibility index (Phi) is 4.76. The summed E-state index contributed by atoms with van der Waals surface area (Å²) in [7, 11) is 3.12. The van der Waals surface area contributed by atoms with Gasteiger partial charge in [-0.3, -0.25) is 9.59 Å². The van der Waals surface area contributed by atoms with Gasteiger partial charge in [-0.25, -0.2) is 0 Å². The molecule has 0 unspecified atom stereocenters. The summed E-state index contributed by atoms with van der Waals surface area (Å²) in [6.07, 6.45) is 3.06. The third kappa shape index (κ3) is 3.75. The van der Waals surface area contributed by atoms with Crippen molar-refractivity contribution in [3.63, 3.8) is 0 Å². The van der Waals surface area contributed by atoms with Crippen LogP contribution >= 0.6 is 0 Å². The van der Waals surface area contributed by atoms with Crippen LogP contribution in [0.2, 0.25) is 0 Å². The van der Waals surface area contributed by atoms with Crippen molar-refractivity contribution in [2.45, 2.75) is 6.92 Å². The van der Waals surface area contributed by atoms with E-state index in [2.05, 4.69) is 5.32 Å². The molecule has 0 spiro atoms. The Bertz CT molecular complexity index is 199. The largest absolute Gasteiger partial charge is 0.358 e. The van der Waals surface area contributed by atoms with Gasteiger partial charge in [-0.15, -0.1) is 0 Å². The summed E-state index contributed by atoms with van der Waals surface area (Å²) in [5.41, 5.74) is 0. The Balaban J connectivity index is 3.95. The van der Waals surface area contributed by atoms with Gasteiger partial charge < -0.3 is 10.2 Å². The van der Waals surface area contributed by atoms with E-state index in [-0.39, 0.29) is 18.4 Å². The van der Waals surface area contributed by atoms with Crippen LogP contribution in [0.5, 0.6) is 0 Å². The summed E-state index contributed by atoms with van der Waals surface area (Å²) in [5.74, 6) is -0.337. The summed E-state index contributed by atoms with van der Waals surface area (Å²) in [4.78, 5) is 23.2. The van der Waals surface area contributed by atoms with E-state index in [1.165, 1.54) is 18.0 Å². The van der Waals surface area contributed by atoms with E-state index in [0.717, 1.165) is 0 Å². The van der Waals surface area contributed by atoms with Crippen LogP contribution in [0.1, 0.15) is 6.92 Å². The van der Waals surface area contributed by atoms with Crippen LogP contribution in [0.4, 0.5) is 0 Å². The minimum Gasteiger partial charge on any atom is -0.358 e. The van der Waals surface area contributed by atoms with E-state index in [9.17, 15) is 9.59 Å². The van der Waals surface area contributed by atoms with Crippen molar-refractivity contribution in [1.29, 1.82) is 0 Å². The summed E-state index contributed by atoms with van der Waals surface area (Å²) >= 11 is 0. The van der Waals surface area contributed by atoms with Gasteiger partial charge >= 0.3 is 0 Å². The van der Waals surface area contributed by atoms with Crippen molar-refractivity contribution in [2.24, 2.45) is 0 Å². The first kappa shape index (κ1) is 10.7. The Hall–Kier alpha value is -1.32. The number of carbonyl (C=O) groups excluding carboxylic acids is 2. The maximum Gasteiger partial charge on any atom is 0.246 e. The first-order chi connectivity index (χ1) is 5.61. The van der Waals surface area contributed by atoms with Crippen molar-refractivity contribution >= 4 is 11.8 Å². The molecule has 0 fully saturated rings. The van der Waals surface area contributed by atoms with Gasteiger partial charge in [0.25, 0.3) is 0 Å². The maximum atomic E-state index is 11.1. The lowest BCUT2D eigenvalue weighted by Gasteiger charge is -2.13. The molecule has 0 aliphatic rings. The van der Waals surface area contributed by atoms with Crippen LogP contribution in [-0.4, -0.2) is 37.4 Å². The summed E-state index contributed by atoms with van der Waals surface area (Å²) in [6, 6.07) is 0. The van der Waals surface area contributed by atoms with Gasteiger partial charge in [0.1, 0.15) is 0 Å². The van der Waals surface area contributed by atoms with Crippen molar-refractivity contribution in [3.05, 3.63) is 12.2 Å². The predicted octanol–water partition coefficient (Wildman–Crippen LogP) is -0.233. The van der Waals surface area contributed by atoms with Crippen LogP contribution < -0.4 is 5.32 Å². The molecule has 68 valence electrons. The monoisotopic (exact) mass is 170 g/mol. The predicted molar refractivity (Wildman–Crippen MR) is 46.5 cm³/mol. The minimum atomic E-state index is -0.171. The zero-order valence-electron chi connectivity index (χ0n) is 7.63. The average Bonchev–Trinajstić information content (AvgIpc) is 2.04. The van der Waals surface area contributed by atoms with Gasteiger partial charge in [0.15, 0.2) is 0 Å². The lowest BCUT2D eigenvalue weighted by atomic mass is 10.4. The molecule has 0 aromatic rings. The highest BCUT2D eigenvalue weighted by atomic mass is 16.2. The number of nitrogens with one attached hydrogen (secondary N) is 1. The summed E-state index contributed by atoms with van der Waals surface area (Å²) < 4.78 is 0. The molecule has 0 atom stereocenters. The first-order valence-electron chi connectivity index (χ1n) is 3.70. The molecule has 12 heavy (non-hydrogen) atoms. The lowest BCUT2D eigenvalue weighted by molar-refractivity contribution is -0.130. The van der Waals surface area contributed by atoms with Crippen LogP contribution in [0.3, 0.4) is 0 Å². The molecule has 1 N–H and O–H groups in total. The number of hydrogen-bond donors (Lipinski definition) is 1. The van der Waals surface area contributed by atoms with E-state index in [1.807, 2.05) is 0 Å². The Morgan fingerprint density at radius 2 is 2.08 bits per heavy atom. The van der Waals surface area contributed by atoms with Gasteiger partial charge in [0, 0.05) is 14.1 Å². The molecule has 0 rings (SSSR count). The van der Waals surface area contributed by atoms with Crippen LogP contribution in [0.25, 0.3) is 0 Å². The molecule has 0 aliphatic heterocycles. The second-order valence-electron chi connectivity index (χ2n) is 2.37. The first-order valence-corrected chi connectivity index (χ1v) is 3.70. The number of hydrogen-bond acceptors (Lipinski definition) is 2. The second kappa shape index (κ2) is 5.35. The number of nitrogens with zero attached hydrogens (tertiary/aromatic N) is 1. The molecular weight excluding hydrogens is 156 g/mol. The molecule has 0 aromatic carbocycles. The molecule has 0 bridgehead atoms. The molecule has 0 radical (unpaired) electrons. The molecule has 0 saturated carbocycles. The quantitative estimate of drug-likeness (QED) is 0.595. The highest BCUT2D eigenvalue weighted by molar-refractivity contribution is 5.90. The summed E-state index contributed by atoms with van der Waals surface area (Å²) in [6.45, 7) is 1.85. The SMILES string of the molecule is C/C=C\C(=O)N(C)CC(=O)NC. The van der Waals surface area contributed by atoms with E-state index >= 15 is 0 Å². The molecular formula is C8H14N2O2. The number of amides is 2. The third-order valence-electron chi connectivity index (χ3n) is 1.35. The van der Waals surface area contributed by atoms with Gasteiger partial charge in [-0.2, -0.15) is 0 Å². The highest BCUT2D eigenvalue weighted by Gasteiger charge is 2.07. The highest BCUT2D eigenvalue weighted by Crippen LogP contribution is 1.86. The van der Waals surface area contributed by atoms with Gasteiger partial charge in [-0.1, -0.05) is 6.08 Å². The minimum absolute atomic E-state index is 0.0969. The molecule has 4 heteroatoms. The second-order valence-corrected chi connectivity index (χ2v) is 2.37. The molecule has 0 heterocycles. The fraction of sp³-hybridized carbons (Fsp3) is 0.500. The molecule has 0 saturated heterocycles. The van der Waals surface area contributed by atoms with Crippen molar-refractivity contribution in [1.82, 2.24) is 10.2 Å². The van der Waals surface area contributed by atoms with Gasteiger partial charge in [0.05, 0.1) is 6.54 Å². The van der Waals surface area contributed by atoms with E-state index in [1.54, 1.807) is 20.0 Å². The number of carbonyl (C=O) groups is 2.